The second-order valence-corrected chi connectivity index (χ2v) is 2.84. The van der Waals surface area contributed by atoms with Crippen molar-refractivity contribution in [3.05, 3.63) is 0 Å². The van der Waals surface area contributed by atoms with Gasteiger partial charge in [0.15, 0.2) is 0 Å². The van der Waals surface area contributed by atoms with E-state index in [1.807, 2.05) is 0 Å². The first kappa shape index (κ1) is 7.23. The Morgan fingerprint density at radius 1 is 1.70 bits per heavy atom. The average Bonchev–Trinajstić information content (AvgIpc) is 1.56. The smallest absolute Gasteiger partial charge is 0.229 e. The largest absolute Gasteiger partial charge is 0.369 e. The maximum absolute atomic E-state index is 10.4. The first-order chi connectivity index (χ1) is 4.63. The summed E-state index contributed by atoms with van der Waals surface area (Å²) in [5.74, 6) is -1.23. The number of hydrogen-bond donors (Lipinski definition) is 2. The fourth-order valence-corrected chi connectivity index (χ4v) is 1.33. The summed E-state index contributed by atoms with van der Waals surface area (Å²) >= 11 is 0. The van der Waals surface area contributed by atoms with Crippen LogP contribution in [0.1, 0.15) is 0 Å². The van der Waals surface area contributed by atoms with E-state index in [-0.39, 0.29) is 4.99 Å². The highest BCUT2D eigenvalue weighted by molar-refractivity contribution is 7.73. The minimum absolute atomic E-state index is 0.00694. The van der Waals surface area contributed by atoms with E-state index in [0.29, 0.717) is 6.54 Å². The molecule has 1 saturated heterocycles. The molecule has 5 nitrogen and oxygen atoms in total. The Kier molecular flexibility index (Phi) is 1.73. The van der Waals surface area contributed by atoms with Crippen molar-refractivity contribution in [1.82, 2.24) is 5.32 Å². The van der Waals surface area contributed by atoms with Crippen molar-refractivity contribution in [3.63, 3.8) is 0 Å². The predicted octanol–water partition coefficient (Wildman–Crippen LogP) is -2.30. The number of hydrogen-bond acceptors (Lipinski definition) is 3. The van der Waals surface area contributed by atoms with Gasteiger partial charge in [-0.05, 0) is 0 Å². The van der Waals surface area contributed by atoms with Gasteiger partial charge in [-0.2, -0.15) is 8.42 Å². The van der Waals surface area contributed by atoms with Gasteiger partial charge in [-0.15, -0.1) is 0 Å². The summed E-state index contributed by atoms with van der Waals surface area (Å²) in [5.41, 5.74) is 4.85. The third-order valence-electron chi connectivity index (χ3n) is 1.32. The molecule has 56 valence electrons. The highest BCUT2D eigenvalue weighted by Gasteiger charge is 2.31. The minimum atomic E-state index is -2.32. The van der Waals surface area contributed by atoms with Gasteiger partial charge in [0.2, 0.25) is 16.2 Å². The van der Waals surface area contributed by atoms with E-state index in [4.69, 9.17) is 5.73 Å². The van der Waals surface area contributed by atoms with Crippen LogP contribution in [0.4, 0.5) is 0 Å². The van der Waals surface area contributed by atoms with Crippen LogP contribution in [-0.2, 0) is 15.1 Å². The van der Waals surface area contributed by atoms with Gasteiger partial charge in [0, 0.05) is 6.54 Å². The normalized spacial score (nSPS) is 23.6. The van der Waals surface area contributed by atoms with E-state index in [0.717, 1.165) is 0 Å². The summed E-state index contributed by atoms with van der Waals surface area (Å²) < 4.78 is 20.4. The zero-order chi connectivity index (χ0) is 7.72. The molecule has 0 radical (unpaired) electrons. The quantitative estimate of drug-likeness (QED) is 0.424. The van der Waals surface area contributed by atoms with Crippen molar-refractivity contribution in [2.45, 2.75) is 0 Å². The van der Waals surface area contributed by atoms with Crippen LogP contribution in [0.15, 0.2) is 0 Å². The molecule has 6 heteroatoms. The van der Waals surface area contributed by atoms with Crippen LogP contribution in [0.5, 0.6) is 0 Å². The van der Waals surface area contributed by atoms with Gasteiger partial charge in [-0.1, -0.05) is 0 Å². The lowest BCUT2D eigenvalue weighted by Crippen LogP contribution is -2.55. The monoisotopic (exact) mass is 162 g/mol. The SMILES string of the molecule is NC(=O)C1CNC1=S(=O)=O. The summed E-state index contributed by atoms with van der Waals surface area (Å²) in [5, 5.41) is 2.48. The Bertz CT molecular complexity index is 284. The van der Waals surface area contributed by atoms with E-state index in [1.54, 1.807) is 0 Å². The van der Waals surface area contributed by atoms with Crippen LogP contribution in [0.2, 0.25) is 0 Å². The summed E-state index contributed by atoms with van der Waals surface area (Å²) in [6.45, 7) is 0.332. The molecule has 0 aliphatic carbocycles. The standard InChI is InChI=1S/C4H6N2O3S/c5-3(7)2-1-6-4(2)10(8)9/h2,6H,1H2,(H2,5,7). The molecular weight excluding hydrogens is 156 g/mol. The molecule has 1 aliphatic rings. The molecule has 1 amide bonds. The van der Waals surface area contributed by atoms with Gasteiger partial charge >= 0.3 is 0 Å². The van der Waals surface area contributed by atoms with E-state index in [9.17, 15) is 13.2 Å². The Labute approximate surface area is 58.7 Å². The summed E-state index contributed by atoms with van der Waals surface area (Å²) in [6, 6.07) is 0. The lowest BCUT2D eigenvalue weighted by Gasteiger charge is -2.23. The molecule has 3 N–H and O–H groups in total. The number of nitrogens with two attached hydrogens (primary N) is 1. The molecule has 0 aromatic carbocycles. The van der Waals surface area contributed by atoms with E-state index in [1.165, 1.54) is 0 Å². The third kappa shape index (κ3) is 1.03. The molecule has 0 saturated carbocycles. The van der Waals surface area contributed by atoms with Crippen molar-refractivity contribution in [1.29, 1.82) is 0 Å². The molecule has 1 fully saturated rings. The lowest BCUT2D eigenvalue weighted by atomic mass is 10.0. The Morgan fingerprint density at radius 3 is 2.40 bits per heavy atom. The van der Waals surface area contributed by atoms with Gasteiger partial charge in [0.05, 0.1) is 0 Å². The molecule has 1 heterocycles. The van der Waals surface area contributed by atoms with Crippen LogP contribution in [0.25, 0.3) is 0 Å². The van der Waals surface area contributed by atoms with Crippen molar-refractivity contribution >= 4 is 21.2 Å². The first-order valence-corrected chi connectivity index (χ1v) is 3.69. The Balaban J connectivity index is 2.90. The molecule has 10 heavy (non-hydrogen) atoms. The zero-order valence-corrected chi connectivity index (χ0v) is 5.81. The molecule has 0 bridgehead atoms. The van der Waals surface area contributed by atoms with Gasteiger partial charge in [-0.25, -0.2) is 0 Å². The van der Waals surface area contributed by atoms with Crippen molar-refractivity contribution in [2.24, 2.45) is 11.7 Å². The molecule has 0 aromatic rings. The number of carbonyl (C=O) groups is 1. The highest BCUT2D eigenvalue weighted by Crippen LogP contribution is 2.03. The number of nitrogens with one attached hydrogen (secondary N) is 1. The highest BCUT2D eigenvalue weighted by atomic mass is 32.2. The van der Waals surface area contributed by atoms with Crippen molar-refractivity contribution in [2.75, 3.05) is 6.54 Å². The van der Waals surface area contributed by atoms with Crippen LogP contribution in [0.3, 0.4) is 0 Å². The summed E-state index contributed by atoms with van der Waals surface area (Å²) in [6.07, 6.45) is 0. The maximum atomic E-state index is 10.4. The van der Waals surface area contributed by atoms with Gasteiger partial charge < -0.3 is 5.73 Å². The fraction of sp³-hybridized carbons (Fsp3) is 0.500. The van der Waals surface area contributed by atoms with E-state index in [2.05, 4.69) is 5.32 Å². The molecule has 1 atom stereocenters. The lowest BCUT2D eigenvalue weighted by molar-refractivity contribution is -0.120. The van der Waals surface area contributed by atoms with Crippen LogP contribution < -0.4 is 11.1 Å². The molecule has 1 unspecified atom stereocenters. The Hall–Kier alpha value is -0.880. The zero-order valence-electron chi connectivity index (χ0n) is 4.99. The van der Waals surface area contributed by atoms with Gasteiger partial charge in [-0.3, -0.25) is 10.1 Å². The Morgan fingerprint density at radius 2 is 2.30 bits per heavy atom. The molecule has 0 spiro atoms. The van der Waals surface area contributed by atoms with Gasteiger partial charge in [0.1, 0.15) is 10.9 Å². The average molecular weight is 162 g/mol. The third-order valence-corrected chi connectivity index (χ3v) is 2.11. The van der Waals surface area contributed by atoms with Gasteiger partial charge in [0.25, 0.3) is 0 Å². The van der Waals surface area contributed by atoms with Crippen LogP contribution in [-0.4, -0.2) is 25.9 Å². The van der Waals surface area contributed by atoms with Crippen LogP contribution in [0, 0.1) is 5.92 Å². The number of amides is 1. The molecule has 0 aromatic heterocycles. The molecule has 1 rings (SSSR count). The maximum Gasteiger partial charge on any atom is 0.229 e. The fourth-order valence-electron chi connectivity index (χ4n) is 0.692. The number of primary amides is 1. The van der Waals surface area contributed by atoms with Crippen molar-refractivity contribution in [3.8, 4) is 0 Å². The van der Waals surface area contributed by atoms with Crippen molar-refractivity contribution < 1.29 is 13.2 Å². The number of rotatable bonds is 1. The van der Waals surface area contributed by atoms with E-state index >= 15 is 0 Å². The second-order valence-electron chi connectivity index (χ2n) is 1.93. The minimum Gasteiger partial charge on any atom is -0.369 e. The second kappa shape index (κ2) is 2.39. The molecular formula is C4H6N2O3S. The molecule has 1 aliphatic heterocycles. The predicted molar refractivity (Wildman–Crippen MR) is 34.6 cm³/mol. The summed E-state index contributed by atoms with van der Waals surface area (Å²) in [7, 11) is -2.32. The topological polar surface area (TPSA) is 89.3 Å². The first-order valence-electron chi connectivity index (χ1n) is 2.62. The van der Waals surface area contributed by atoms with Crippen LogP contribution >= 0.6 is 0 Å². The number of carbonyl (C=O) groups excluding carboxylic acids is 1. The summed E-state index contributed by atoms with van der Waals surface area (Å²) in [4.78, 5) is 10.4. The van der Waals surface area contributed by atoms with E-state index < -0.39 is 22.1 Å².